The molecule has 1 amide bonds. The van der Waals surface area contributed by atoms with Crippen LogP contribution in [0.15, 0.2) is 64.0 Å². The van der Waals surface area contributed by atoms with Gasteiger partial charge in [0.2, 0.25) is 15.9 Å². The predicted molar refractivity (Wildman–Crippen MR) is 106 cm³/mol. The Balaban J connectivity index is 2.30. The third-order valence-electron chi connectivity index (χ3n) is 4.08. The summed E-state index contributed by atoms with van der Waals surface area (Å²) in [6.45, 7) is 4.82. The van der Waals surface area contributed by atoms with E-state index in [-0.39, 0.29) is 10.8 Å². The van der Waals surface area contributed by atoms with E-state index in [2.05, 4.69) is 20.7 Å². The molecule has 0 heterocycles. The van der Waals surface area contributed by atoms with E-state index >= 15 is 0 Å². The molecule has 2 aromatic rings. The maximum atomic E-state index is 12.9. The highest BCUT2D eigenvalue weighted by atomic mass is 79.9. The Morgan fingerprint density at radius 2 is 1.62 bits per heavy atom. The van der Waals surface area contributed by atoms with E-state index in [9.17, 15) is 13.2 Å². The van der Waals surface area contributed by atoms with Crippen LogP contribution in [0.5, 0.6) is 0 Å². The lowest BCUT2D eigenvalue weighted by Crippen LogP contribution is -2.49. The lowest BCUT2D eigenvalue weighted by atomic mass is 10.1. The van der Waals surface area contributed by atoms with Crippen molar-refractivity contribution < 1.29 is 13.2 Å². The predicted octanol–water partition coefficient (Wildman–Crippen LogP) is 3.21. The first-order valence-corrected chi connectivity index (χ1v) is 10.8. The van der Waals surface area contributed by atoms with Crippen molar-refractivity contribution in [3.63, 3.8) is 0 Å². The van der Waals surface area contributed by atoms with Crippen LogP contribution in [0.4, 0.5) is 0 Å². The van der Waals surface area contributed by atoms with E-state index in [0.29, 0.717) is 19.5 Å². The highest BCUT2D eigenvalue weighted by Crippen LogP contribution is 2.16. The Labute approximate surface area is 163 Å². The van der Waals surface area contributed by atoms with E-state index in [1.54, 1.807) is 17.0 Å². The van der Waals surface area contributed by atoms with Gasteiger partial charge in [0.1, 0.15) is 6.04 Å². The zero-order valence-electron chi connectivity index (χ0n) is 14.9. The average Bonchev–Trinajstić information content (AvgIpc) is 2.63. The number of hydrogen-bond acceptors (Lipinski definition) is 3. The number of carbonyl (C=O) groups is 1. The summed E-state index contributed by atoms with van der Waals surface area (Å²) < 4.78 is 28.9. The van der Waals surface area contributed by atoms with Gasteiger partial charge in [-0.15, -0.1) is 0 Å². The number of hydrogen-bond donors (Lipinski definition) is 1. The van der Waals surface area contributed by atoms with Crippen LogP contribution in [0.1, 0.15) is 19.4 Å². The second-order valence-electron chi connectivity index (χ2n) is 5.83. The molecule has 0 fully saturated rings. The zero-order valence-corrected chi connectivity index (χ0v) is 17.3. The van der Waals surface area contributed by atoms with Crippen LogP contribution >= 0.6 is 15.9 Å². The fourth-order valence-electron chi connectivity index (χ4n) is 2.65. The van der Waals surface area contributed by atoms with Crippen LogP contribution in [0.3, 0.4) is 0 Å². The van der Waals surface area contributed by atoms with Gasteiger partial charge in [-0.2, -0.15) is 4.72 Å². The van der Waals surface area contributed by atoms with Crippen molar-refractivity contribution in [1.29, 1.82) is 0 Å². The summed E-state index contributed by atoms with van der Waals surface area (Å²) >= 11 is 3.29. The van der Waals surface area contributed by atoms with Gasteiger partial charge in [-0.25, -0.2) is 8.42 Å². The summed E-state index contributed by atoms with van der Waals surface area (Å²) in [5, 5.41) is 0. The maximum absolute atomic E-state index is 12.9. The molecule has 7 heteroatoms. The molecule has 0 saturated heterocycles. The first-order chi connectivity index (χ1) is 12.4. The monoisotopic (exact) mass is 438 g/mol. The molecule has 0 bridgehead atoms. The maximum Gasteiger partial charge on any atom is 0.241 e. The first-order valence-electron chi connectivity index (χ1n) is 8.48. The number of sulfonamides is 1. The van der Waals surface area contributed by atoms with Gasteiger partial charge in [-0.1, -0.05) is 46.3 Å². The highest BCUT2D eigenvalue weighted by Gasteiger charge is 2.28. The lowest BCUT2D eigenvalue weighted by Gasteiger charge is -2.26. The highest BCUT2D eigenvalue weighted by molar-refractivity contribution is 9.10. The molecule has 0 radical (unpaired) electrons. The van der Waals surface area contributed by atoms with Gasteiger partial charge >= 0.3 is 0 Å². The zero-order chi connectivity index (χ0) is 19.2. The van der Waals surface area contributed by atoms with Crippen LogP contribution in [0.25, 0.3) is 0 Å². The molecule has 140 valence electrons. The molecule has 0 aliphatic carbocycles. The minimum absolute atomic E-state index is 0.131. The molecule has 26 heavy (non-hydrogen) atoms. The van der Waals surface area contributed by atoms with Gasteiger partial charge < -0.3 is 4.90 Å². The standard InChI is InChI=1S/C19H23BrN2O3S/c1-3-22(4-2)19(23)18(14-15-8-6-5-7-9-15)21-26(24,25)17-12-10-16(20)11-13-17/h5-13,18,21H,3-4,14H2,1-2H3/t18-/m0/s1. The van der Waals surface area contributed by atoms with E-state index in [0.717, 1.165) is 10.0 Å². The Morgan fingerprint density at radius 3 is 2.15 bits per heavy atom. The molecule has 5 nitrogen and oxygen atoms in total. The SMILES string of the molecule is CCN(CC)C(=O)[C@H](Cc1ccccc1)NS(=O)(=O)c1ccc(Br)cc1. The van der Waals surface area contributed by atoms with Crippen LogP contribution in [-0.4, -0.2) is 38.4 Å². The second-order valence-corrected chi connectivity index (χ2v) is 8.46. The Hall–Kier alpha value is -1.70. The van der Waals surface area contributed by atoms with Gasteiger partial charge in [0.25, 0.3) is 0 Å². The first kappa shape index (κ1) is 20.6. The van der Waals surface area contributed by atoms with Crippen molar-refractivity contribution in [3.05, 3.63) is 64.6 Å². The summed E-state index contributed by atoms with van der Waals surface area (Å²) in [7, 11) is -3.81. The number of nitrogens with one attached hydrogen (secondary N) is 1. The summed E-state index contributed by atoms with van der Waals surface area (Å²) in [6.07, 6.45) is 0.298. The molecule has 0 spiro atoms. The number of carbonyl (C=O) groups excluding carboxylic acids is 1. The van der Waals surface area contributed by atoms with Crippen LogP contribution in [0.2, 0.25) is 0 Å². The molecular formula is C19H23BrN2O3S. The Morgan fingerprint density at radius 1 is 1.04 bits per heavy atom. The van der Waals surface area contributed by atoms with Crippen LogP contribution in [0, 0.1) is 0 Å². The largest absolute Gasteiger partial charge is 0.342 e. The van der Waals surface area contributed by atoms with E-state index in [1.807, 2.05) is 44.2 Å². The number of halogens is 1. The number of amides is 1. The van der Waals surface area contributed by atoms with Crippen molar-refractivity contribution >= 4 is 31.9 Å². The molecule has 2 rings (SSSR count). The van der Waals surface area contributed by atoms with E-state index in [1.165, 1.54) is 12.1 Å². The topological polar surface area (TPSA) is 66.5 Å². The summed E-state index contributed by atoms with van der Waals surface area (Å²) in [5.41, 5.74) is 0.900. The minimum Gasteiger partial charge on any atom is -0.342 e. The van der Waals surface area contributed by atoms with Crippen molar-refractivity contribution in [2.75, 3.05) is 13.1 Å². The van der Waals surface area contributed by atoms with Crippen molar-refractivity contribution in [3.8, 4) is 0 Å². The number of benzene rings is 2. The van der Waals surface area contributed by atoms with Crippen molar-refractivity contribution in [2.45, 2.75) is 31.2 Å². The van der Waals surface area contributed by atoms with Crippen LogP contribution < -0.4 is 4.72 Å². The molecule has 1 atom stereocenters. The van der Waals surface area contributed by atoms with Gasteiger partial charge in [-0.3, -0.25) is 4.79 Å². The Bertz CT molecular complexity index is 820. The molecule has 0 aliphatic heterocycles. The quantitative estimate of drug-likeness (QED) is 0.687. The lowest BCUT2D eigenvalue weighted by molar-refractivity contribution is -0.132. The number of nitrogens with zero attached hydrogens (tertiary/aromatic N) is 1. The second kappa shape index (κ2) is 9.30. The van der Waals surface area contributed by atoms with E-state index in [4.69, 9.17) is 0 Å². The van der Waals surface area contributed by atoms with Crippen LogP contribution in [-0.2, 0) is 21.2 Å². The molecule has 2 aromatic carbocycles. The van der Waals surface area contributed by atoms with E-state index < -0.39 is 16.1 Å². The van der Waals surface area contributed by atoms with Crippen molar-refractivity contribution in [2.24, 2.45) is 0 Å². The summed E-state index contributed by atoms with van der Waals surface area (Å²) in [6, 6.07) is 14.9. The normalized spacial score (nSPS) is 12.6. The summed E-state index contributed by atoms with van der Waals surface area (Å²) in [4.78, 5) is 14.6. The Kier molecular flexibility index (Phi) is 7.37. The number of rotatable bonds is 8. The van der Waals surface area contributed by atoms with Crippen molar-refractivity contribution in [1.82, 2.24) is 9.62 Å². The number of likely N-dealkylation sites (N-methyl/N-ethyl adjacent to an activating group) is 1. The average molecular weight is 439 g/mol. The third kappa shape index (κ3) is 5.40. The molecule has 0 aliphatic rings. The molecular weight excluding hydrogens is 416 g/mol. The van der Waals surface area contributed by atoms with Gasteiger partial charge in [-0.05, 0) is 50.1 Å². The third-order valence-corrected chi connectivity index (χ3v) is 6.09. The molecule has 1 N–H and O–H groups in total. The fourth-order valence-corrected chi connectivity index (χ4v) is 4.11. The fraction of sp³-hybridized carbons (Fsp3) is 0.316. The van der Waals surface area contributed by atoms with Gasteiger partial charge in [0.05, 0.1) is 4.90 Å². The van der Waals surface area contributed by atoms with Gasteiger partial charge in [0, 0.05) is 17.6 Å². The smallest absolute Gasteiger partial charge is 0.241 e. The molecule has 0 saturated carbocycles. The minimum atomic E-state index is -3.81. The molecule has 0 unspecified atom stereocenters. The molecule has 0 aromatic heterocycles. The summed E-state index contributed by atoms with van der Waals surface area (Å²) in [5.74, 6) is -0.223. The van der Waals surface area contributed by atoms with Gasteiger partial charge in [0.15, 0.2) is 0 Å².